The minimum atomic E-state index is -0.915. The normalized spacial score (nSPS) is 25.0. The summed E-state index contributed by atoms with van der Waals surface area (Å²) in [5.74, 6) is -0.0486. The van der Waals surface area contributed by atoms with E-state index in [9.17, 15) is 4.79 Å². The predicted molar refractivity (Wildman–Crippen MR) is 86.0 cm³/mol. The summed E-state index contributed by atoms with van der Waals surface area (Å²) in [7, 11) is 0. The largest absolute Gasteiger partial charge is 0.300 e. The molecule has 7 heteroatoms. The van der Waals surface area contributed by atoms with Crippen molar-refractivity contribution in [2.45, 2.75) is 50.3 Å². The molecule has 0 radical (unpaired) electrons. The summed E-state index contributed by atoms with van der Waals surface area (Å²) in [6.45, 7) is 6.12. The van der Waals surface area contributed by atoms with Crippen molar-refractivity contribution in [3.05, 3.63) is 10.0 Å². The van der Waals surface area contributed by atoms with Gasteiger partial charge in [0.1, 0.15) is 10.0 Å². The van der Waals surface area contributed by atoms with Gasteiger partial charge in [0.15, 0.2) is 5.13 Å². The van der Waals surface area contributed by atoms with Crippen molar-refractivity contribution in [2.24, 2.45) is 5.92 Å². The number of carbonyl (C=O) groups is 1. The van der Waals surface area contributed by atoms with Gasteiger partial charge in [0.25, 0.3) is 0 Å². The van der Waals surface area contributed by atoms with Crippen molar-refractivity contribution in [3.63, 3.8) is 0 Å². The van der Waals surface area contributed by atoms with Gasteiger partial charge in [-0.3, -0.25) is 4.79 Å². The van der Waals surface area contributed by atoms with Gasteiger partial charge in [-0.1, -0.05) is 43.7 Å². The minimum absolute atomic E-state index is 0.120. The molecule has 0 aliphatic heterocycles. The number of hydrogen-bond acceptors (Lipinski definition) is 4. The van der Waals surface area contributed by atoms with Crippen LogP contribution in [0.2, 0.25) is 5.15 Å². The van der Waals surface area contributed by atoms with Crippen LogP contribution in [0.1, 0.15) is 44.9 Å². The number of alkyl halides is 1. The quantitative estimate of drug-likeness (QED) is 0.828. The minimum Gasteiger partial charge on any atom is -0.300 e. The zero-order valence-electron chi connectivity index (χ0n) is 12.2. The van der Waals surface area contributed by atoms with E-state index >= 15 is 0 Å². The van der Waals surface area contributed by atoms with Crippen LogP contribution < -0.4 is 5.32 Å². The molecule has 114 valence electrons. The Kier molecular flexibility index (Phi) is 4.53. The average molecular weight is 346 g/mol. The number of aromatic nitrogens is 1. The van der Waals surface area contributed by atoms with Crippen molar-refractivity contribution in [1.82, 2.24) is 4.98 Å². The highest BCUT2D eigenvalue weighted by atomic mass is 35.5. The van der Waals surface area contributed by atoms with E-state index in [1.807, 2.05) is 20.8 Å². The Bertz CT molecular complexity index is 594. The third-order valence-electron chi connectivity index (χ3n) is 3.50. The molecule has 1 amide bonds. The third-order valence-corrected chi connectivity index (χ3v) is 5.76. The van der Waals surface area contributed by atoms with E-state index in [2.05, 4.69) is 16.4 Å². The molecular formula is C14H17Cl2N3OS. The smallest absolute Gasteiger partial charge is 0.247 e. The number of halogens is 2. The molecule has 0 unspecified atom stereocenters. The Labute approximate surface area is 138 Å². The lowest BCUT2D eigenvalue weighted by molar-refractivity contribution is -0.121. The first-order valence-electron chi connectivity index (χ1n) is 6.70. The van der Waals surface area contributed by atoms with Crippen LogP contribution in [0.15, 0.2) is 0 Å². The molecule has 0 atom stereocenters. The molecule has 1 aliphatic rings. The van der Waals surface area contributed by atoms with Crippen LogP contribution in [-0.2, 0) is 10.2 Å². The van der Waals surface area contributed by atoms with Crippen molar-refractivity contribution in [2.75, 3.05) is 5.32 Å². The van der Waals surface area contributed by atoms with E-state index in [0.717, 1.165) is 4.88 Å². The number of rotatable bonds is 3. The first-order valence-corrected chi connectivity index (χ1v) is 8.27. The highest BCUT2D eigenvalue weighted by molar-refractivity contribution is 7.16. The zero-order valence-corrected chi connectivity index (χ0v) is 14.5. The molecule has 1 saturated carbocycles. The number of nitrogens with zero attached hydrogens (tertiary/aromatic N) is 2. The average Bonchev–Trinajstić information content (AvgIpc) is 2.68. The maximum Gasteiger partial charge on any atom is 0.247 e. The van der Waals surface area contributed by atoms with Gasteiger partial charge >= 0.3 is 0 Å². The number of nitriles is 1. The molecule has 2 rings (SSSR count). The van der Waals surface area contributed by atoms with E-state index in [4.69, 9.17) is 28.5 Å². The van der Waals surface area contributed by atoms with Crippen molar-refractivity contribution < 1.29 is 4.79 Å². The van der Waals surface area contributed by atoms with Crippen LogP contribution in [0.4, 0.5) is 5.13 Å². The Balaban J connectivity index is 2.03. The molecule has 1 aromatic heterocycles. The number of hydrogen-bond donors (Lipinski definition) is 1. The van der Waals surface area contributed by atoms with E-state index in [-0.39, 0.29) is 17.2 Å². The number of nitrogens with one attached hydrogen (secondary N) is 1. The monoisotopic (exact) mass is 345 g/mol. The van der Waals surface area contributed by atoms with Crippen LogP contribution >= 0.6 is 34.5 Å². The molecule has 0 aromatic carbocycles. The molecule has 1 aromatic rings. The van der Waals surface area contributed by atoms with Crippen LogP contribution in [0.5, 0.6) is 0 Å². The molecule has 1 heterocycles. The van der Waals surface area contributed by atoms with Crippen LogP contribution in [0, 0.1) is 17.2 Å². The molecule has 0 spiro atoms. The predicted octanol–water partition coefficient (Wildman–Crippen LogP) is 4.33. The lowest BCUT2D eigenvalue weighted by atomic mass is 9.72. The Morgan fingerprint density at radius 2 is 2.19 bits per heavy atom. The lowest BCUT2D eigenvalue weighted by Gasteiger charge is -2.40. The van der Waals surface area contributed by atoms with Gasteiger partial charge in [0, 0.05) is 6.42 Å². The third kappa shape index (κ3) is 3.50. The Morgan fingerprint density at radius 1 is 1.57 bits per heavy atom. The van der Waals surface area contributed by atoms with Gasteiger partial charge in [-0.05, 0) is 24.2 Å². The summed E-state index contributed by atoms with van der Waals surface area (Å²) < 4.78 is 0. The second-order valence-electron chi connectivity index (χ2n) is 6.44. The molecule has 21 heavy (non-hydrogen) atoms. The fraction of sp³-hybridized carbons (Fsp3) is 0.643. The second kappa shape index (κ2) is 5.75. The first-order chi connectivity index (χ1) is 9.65. The van der Waals surface area contributed by atoms with Gasteiger partial charge in [-0.25, -0.2) is 4.98 Å². The number of anilines is 1. The highest BCUT2D eigenvalue weighted by Crippen LogP contribution is 2.46. The number of carbonyl (C=O) groups excluding carboxylic acids is 1. The fourth-order valence-electron chi connectivity index (χ4n) is 2.34. The molecule has 0 bridgehead atoms. The maximum atomic E-state index is 12.2. The zero-order chi connectivity index (χ0) is 15.8. The van der Waals surface area contributed by atoms with Gasteiger partial charge in [0.2, 0.25) is 5.91 Å². The topological polar surface area (TPSA) is 65.8 Å². The molecular weight excluding hydrogens is 329 g/mol. The van der Waals surface area contributed by atoms with Gasteiger partial charge in [-0.2, -0.15) is 5.26 Å². The van der Waals surface area contributed by atoms with E-state index in [0.29, 0.717) is 29.5 Å². The van der Waals surface area contributed by atoms with Gasteiger partial charge < -0.3 is 5.32 Å². The van der Waals surface area contributed by atoms with Crippen molar-refractivity contribution in [1.29, 1.82) is 5.26 Å². The maximum absolute atomic E-state index is 12.2. The molecule has 1 N–H and O–H groups in total. The van der Waals surface area contributed by atoms with Crippen LogP contribution in [0.25, 0.3) is 0 Å². The lowest BCUT2D eigenvalue weighted by Crippen LogP contribution is -2.48. The molecule has 4 nitrogen and oxygen atoms in total. The summed E-state index contributed by atoms with van der Waals surface area (Å²) in [4.78, 5) is 16.4. The van der Waals surface area contributed by atoms with Crippen molar-refractivity contribution >= 4 is 45.6 Å². The number of thiazole rings is 1. The summed E-state index contributed by atoms with van der Waals surface area (Å²) in [6.07, 6.45) is 1.50. The number of amides is 1. The molecule has 1 aliphatic carbocycles. The van der Waals surface area contributed by atoms with Gasteiger partial charge in [0.05, 0.1) is 10.9 Å². The highest BCUT2D eigenvalue weighted by Gasteiger charge is 2.48. The molecule has 1 fully saturated rings. The first kappa shape index (κ1) is 16.5. The Morgan fingerprint density at radius 3 is 2.67 bits per heavy atom. The molecule has 0 saturated heterocycles. The summed E-state index contributed by atoms with van der Waals surface area (Å²) in [5, 5.41) is 12.3. The van der Waals surface area contributed by atoms with E-state index in [1.54, 1.807) is 0 Å². The summed E-state index contributed by atoms with van der Waals surface area (Å²) in [6, 6.07) is 2.11. The summed E-state index contributed by atoms with van der Waals surface area (Å²) >= 11 is 13.8. The second-order valence-corrected chi connectivity index (χ2v) is 8.53. The Hall–Kier alpha value is -0.830. The van der Waals surface area contributed by atoms with Crippen LogP contribution in [-0.4, -0.2) is 15.8 Å². The standard InChI is InChI=1S/C14H17Cl2N3OS/c1-13(2,3)9-10(15)18-12(21-9)19-11(20)14(16)6-8(7-14)4-5-17/h8H,4,6-7H2,1-3H3,(H,18,19,20). The summed E-state index contributed by atoms with van der Waals surface area (Å²) in [5.41, 5.74) is -0.120. The van der Waals surface area contributed by atoms with E-state index in [1.165, 1.54) is 11.3 Å². The fourth-order valence-corrected chi connectivity index (χ4v) is 4.27. The SMILES string of the molecule is CC(C)(C)c1sc(NC(=O)C2(Cl)CC(CC#N)C2)nc1Cl. The van der Waals surface area contributed by atoms with Crippen LogP contribution in [0.3, 0.4) is 0 Å². The van der Waals surface area contributed by atoms with Crippen molar-refractivity contribution in [3.8, 4) is 6.07 Å². The van der Waals surface area contributed by atoms with Gasteiger partial charge in [-0.15, -0.1) is 11.6 Å². The van der Waals surface area contributed by atoms with E-state index < -0.39 is 4.87 Å².